The quantitative estimate of drug-likeness (QED) is 0.257. The van der Waals surface area contributed by atoms with Crippen LogP contribution in [-0.2, 0) is 16.6 Å². The summed E-state index contributed by atoms with van der Waals surface area (Å²) in [7, 11) is 1.76. The number of morpholine rings is 1. The lowest BCUT2D eigenvalue weighted by atomic mass is 10.1. The van der Waals surface area contributed by atoms with Crippen LogP contribution in [-0.4, -0.2) is 54.3 Å². The summed E-state index contributed by atoms with van der Waals surface area (Å²) in [5.74, 6) is 0.0258. The second-order valence-corrected chi connectivity index (χ2v) is 12.4. The molecule has 1 aromatic carbocycles. The van der Waals surface area contributed by atoms with E-state index in [1.807, 2.05) is 68.1 Å². The Labute approximate surface area is 251 Å². The number of anilines is 2. The highest BCUT2D eigenvalue weighted by Crippen LogP contribution is 2.37. The van der Waals surface area contributed by atoms with Crippen LogP contribution in [0.25, 0.3) is 17.4 Å². The molecule has 2 aliphatic heterocycles. The molecular weight excluding hydrogens is 573 g/mol. The molecular formula is C30H30N6O4S2. The first kappa shape index (κ1) is 28.1. The average molecular weight is 603 g/mol. The first-order valence-electron chi connectivity index (χ1n) is 13.6. The molecule has 5 heterocycles. The minimum absolute atomic E-state index is 0.0640. The SMILES string of the molecule is Cc1ccc2nc(N3CC(C)OC(C)C3)c(C=C3SC(=S)N(c4c(C)n(C)n(-c5ccccc5)c4=O)C3=O)c(=O)n2c1. The fourth-order valence-electron chi connectivity index (χ4n) is 5.57. The lowest BCUT2D eigenvalue weighted by Crippen LogP contribution is -2.46. The molecule has 3 aromatic heterocycles. The number of carbonyl (C=O) groups excluding carboxylic acids is 1. The third kappa shape index (κ3) is 4.69. The molecule has 0 spiro atoms. The number of aryl methyl sites for hydroxylation is 1. The highest BCUT2D eigenvalue weighted by Gasteiger charge is 2.38. The van der Waals surface area contributed by atoms with E-state index < -0.39 is 5.91 Å². The van der Waals surface area contributed by atoms with Crippen molar-refractivity contribution in [3.63, 3.8) is 0 Å². The van der Waals surface area contributed by atoms with Gasteiger partial charge in [-0.25, -0.2) is 9.67 Å². The van der Waals surface area contributed by atoms with Crippen LogP contribution in [0.1, 0.15) is 30.7 Å². The lowest BCUT2D eigenvalue weighted by Gasteiger charge is -2.36. The number of thioether (sulfide) groups is 1. The van der Waals surface area contributed by atoms with Crippen molar-refractivity contribution in [2.24, 2.45) is 7.05 Å². The first-order valence-corrected chi connectivity index (χ1v) is 14.8. The predicted molar refractivity (Wildman–Crippen MR) is 170 cm³/mol. The number of para-hydroxylation sites is 1. The van der Waals surface area contributed by atoms with Crippen LogP contribution in [0.2, 0.25) is 0 Å². The number of carbonyl (C=O) groups is 1. The molecule has 1 amide bonds. The number of benzene rings is 1. The average Bonchev–Trinajstić information content (AvgIpc) is 3.34. The molecule has 6 rings (SSSR count). The summed E-state index contributed by atoms with van der Waals surface area (Å²) in [4.78, 5) is 50.0. The molecule has 2 fully saturated rings. The number of fused-ring (bicyclic) bond motifs is 1. The highest BCUT2D eigenvalue weighted by atomic mass is 32.2. The van der Waals surface area contributed by atoms with Crippen molar-refractivity contribution in [2.45, 2.75) is 39.9 Å². The van der Waals surface area contributed by atoms with Crippen LogP contribution in [0.3, 0.4) is 0 Å². The fourth-order valence-corrected chi connectivity index (χ4v) is 6.82. The van der Waals surface area contributed by atoms with E-state index in [2.05, 4.69) is 0 Å². The molecule has 42 heavy (non-hydrogen) atoms. The zero-order chi connectivity index (χ0) is 29.9. The Kier molecular flexibility index (Phi) is 7.16. The van der Waals surface area contributed by atoms with E-state index >= 15 is 0 Å². The van der Waals surface area contributed by atoms with E-state index in [0.717, 1.165) is 17.3 Å². The van der Waals surface area contributed by atoms with Crippen LogP contribution < -0.4 is 20.9 Å². The summed E-state index contributed by atoms with van der Waals surface area (Å²) >= 11 is 6.71. The van der Waals surface area contributed by atoms with E-state index in [1.165, 1.54) is 14.0 Å². The van der Waals surface area contributed by atoms with E-state index in [1.54, 1.807) is 30.9 Å². The molecule has 4 aromatic rings. The summed E-state index contributed by atoms with van der Waals surface area (Å²) in [5.41, 5.74) is 2.49. The molecule has 216 valence electrons. The van der Waals surface area contributed by atoms with Crippen molar-refractivity contribution in [2.75, 3.05) is 22.9 Å². The molecule has 0 aliphatic carbocycles. The molecule has 2 saturated heterocycles. The number of ether oxygens (including phenoxy) is 1. The van der Waals surface area contributed by atoms with E-state index in [4.69, 9.17) is 21.9 Å². The summed E-state index contributed by atoms with van der Waals surface area (Å²) < 4.78 is 10.9. The van der Waals surface area contributed by atoms with E-state index in [9.17, 15) is 14.4 Å². The predicted octanol–water partition coefficient (Wildman–Crippen LogP) is 3.82. The molecule has 2 unspecified atom stereocenters. The third-order valence-electron chi connectivity index (χ3n) is 7.52. The summed E-state index contributed by atoms with van der Waals surface area (Å²) in [6, 6.07) is 12.9. The molecule has 2 aliphatic rings. The normalized spacial score (nSPS) is 20.4. The Morgan fingerprint density at radius 2 is 1.69 bits per heavy atom. The Balaban J connectivity index is 1.48. The van der Waals surface area contributed by atoms with Crippen molar-refractivity contribution >= 4 is 57.4 Å². The van der Waals surface area contributed by atoms with E-state index in [-0.39, 0.29) is 43.8 Å². The van der Waals surface area contributed by atoms with Gasteiger partial charge in [-0.3, -0.25) is 28.4 Å². The van der Waals surface area contributed by atoms with Gasteiger partial charge in [0.2, 0.25) is 0 Å². The Hall–Kier alpha value is -4.00. The van der Waals surface area contributed by atoms with Crippen molar-refractivity contribution in [3.05, 3.63) is 91.1 Å². The Morgan fingerprint density at radius 3 is 2.38 bits per heavy atom. The second-order valence-electron chi connectivity index (χ2n) is 10.7. The van der Waals surface area contributed by atoms with Crippen LogP contribution in [0.4, 0.5) is 11.5 Å². The first-order chi connectivity index (χ1) is 20.0. The number of thiocarbonyl (C=S) groups is 1. The number of amides is 1. The number of hydrogen-bond acceptors (Lipinski definition) is 8. The summed E-state index contributed by atoms with van der Waals surface area (Å²) in [5, 5.41) is 0. The van der Waals surface area contributed by atoms with Crippen molar-refractivity contribution < 1.29 is 9.53 Å². The third-order valence-corrected chi connectivity index (χ3v) is 8.82. The minimum atomic E-state index is -0.459. The smallest absolute Gasteiger partial charge is 0.296 e. The van der Waals surface area contributed by atoms with Crippen LogP contribution in [0.15, 0.2) is 63.2 Å². The molecule has 2 atom stereocenters. The summed E-state index contributed by atoms with van der Waals surface area (Å²) in [6.45, 7) is 8.73. The highest BCUT2D eigenvalue weighted by molar-refractivity contribution is 8.27. The van der Waals surface area contributed by atoms with Gasteiger partial charge in [-0.1, -0.05) is 48.2 Å². The van der Waals surface area contributed by atoms with Crippen LogP contribution >= 0.6 is 24.0 Å². The molecule has 0 N–H and O–H groups in total. The van der Waals surface area contributed by atoms with Crippen molar-refractivity contribution in [1.82, 2.24) is 18.7 Å². The van der Waals surface area contributed by atoms with Gasteiger partial charge in [0, 0.05) is 26.3 Å². The van der Waals surface area contributed by atoms with Gasteiger partial charge in [0.05, 0.1) is 34.1 Å². The maximum absolute atomic E-state index is 13.9. The van der Waals surface area contributed by atoms with E-state index in [0.29, 0.717) is 35.9 Å². The maximum Gasteiger partial charge on any atom is 0.296 e. The fraction of sp³-hybridized carbons (Fsp3) is 0.300. The number of aromatic nitrogens is 4. The largest absolute Gasteiger partial charge is 0.372 e. The van der Waals surface area contributed by atoms with Gasteiger partial charge in [-0.15, -0.1) is 0 Å². The maximum atomic E-state index is 13.9. The zero-order valence-corrected chi connectivity index (χ0v) is 25.5. The summed E-state index contributed by atoms with van der Waals surface area (Å²) in [6.07, 6.45) is 3.18. The minimum Gasteiger partial charge on any atom is -0.372 e. The van der Waals surface area contributed by atoms with Crippen molar-refractivity contribution in [3.8, 4) is 5.69 Å². The second kappa shape index (κ2) is 10.7. The molecule has 0 saturated carbocycles. The molecule has 0 bridgehead atoms. The van der Waals surface area contributed by atoms with Gasteiger partial charge >= 0.3 is 0 Å². The Morgan fingerprint density at radius 1 is 1.00 bits per heavy atom. The number of pyridine rings is 1. The number of nitrogens with zero attached hydrogens (tertiary/aromatic N) is 6. The standard InChI is InChI=1S/C30H30N6O4S2/c1-17-11-12-24-31-26(33-15-18(2)40-19(3)16-33)22(27(37)34(24)14-17)13-23-28(38)35(30(41)42-23)25-20(4)32(5)36(29(25)39)21-9-7-6-8-10-21/h6-14,18-19H,15-16H2,1-5H3. The van der Waals surface area contributed by atoms with Crippen LogP contribution in [0.5, 0.6) is 0 Å². The molecule has 10 nitrogen and oxygen atoms in total. The molecule has 12 heteroatoms. The lowest BCUT2D eigenvalue weighted by molar-refractivity contribution is -0.113. The number of hydrogen-bond donors (Lipinski definition) is 0. The Bertz CT molecular complexity index is 1900. The van der Waals surface area contributed by atoms with Gasteiger partial charge in [0.25, 0.3) is 17.0 Å². The van der Waals surface area contributed by atoms with Gasteiger partial charge in [0.15, 0.2) is 4.32 Å². The van der Waals surface area contributed by atoms with Gasteiger partial charge < -0.3 is 9.64 Å². The van der Waals surface area contributed by atoms with Gasteiger partial charge in [-0.05, 0) is 57.5 Å². The van der Waals surface area contributed by atoms with Gasteiger partial charge in [0.1, 0.15) is 17.2 Å². The topological polar surface area (TPSA) is 94.1 Å². The number of rotatable bonds is 4. The van der Waals surface area contributed by atoms with Crippen molar-refractivity contribution in [1.29, 1.82) is 0 Å². The zero-order valence-electron chi connectivity index (χ0n) is 23.9. The van der Waals surface area contributed by atoms with Gasteiger partial charge in [-0.2, -0.15) is 0 Å². The van der Waals surface area contributed by atoms with Crippen LogP contribution in [0, 0.1) is 13.8 Å². The monoisotopic (exact) mass is 602 g/mol. The molecule has 0 radical (unpaired) electrons.